The number of aromatic nitrogens is 2. The molecule has 2 heteroatoms. The van der Waals surface area contributed by atoms with Gasteiger partial charge in [-0.25, -0.2) is 4.57 Å². The highest BCUT2D eigenvalue weighted by atomic mass is 15.2. The van der Waals surface area contributed by atoms with Crippen molar-refractivity contribution in [3.8, 4) is 0 Å². The van der Waals surface area contributed by atoms with Crippen LogP contribution < -0.4 is 4.57 Å². The van der Waals surface area contributed by atoms with Crippen molar-refractivity contribution in [2.24, 2.45) is 0 Å². The van der Waals surface area contributed by atoms with Crippen LogP contribution in [-0.2, 0) is 11.0 Å². The number of hydrogen-bond acceptors (Lipinski definition) is 0. The van der Waals surface area contributed by atoms with Gasteiger partial charge in [0.25, 0.3) is 5.65 Å². The Hall–Kier alpha value is -2.35. The molecule has 0 saturated carbocycles. The number of fused-ring (bicyclic) bond motifs is 3. The number of nitrogens with zero attached hydrogens (tertiary/aromatic N) is 2. The van der Waals surface area contributed by atoms with Gasteiger partial charge in [0, 0.05) is 16.2 Å². The van der Waals surface area contributed by atoms with Crippen LogP contribution in [-0.4, -0.2) is 4.40 Å². The summed E-state index contributed by atoms with van der Waals surface area (Å²) in [6.45, 7) is 13.9. The number of benzene rings is 2. The maximum atomic E-state index is 2.49. The fraction of sp³-hybridized carbons (Fsp3) is 0.348. The molecule has 0 aliphatic carbocycles. The molecular formula is C23H25N2+. The van der Waals surface area contributed by atoms with Crippen molar-refractivity contribution in [3.63, 3.8) is 0 Å². The quantitative estimate of drug-likeness (QED) is 0.310. The van der Waals surface area contributed by atoms with E-state index in [0.717, 1.165) is 0 Å². The molecule has 0 bridgehead atoms. The molecule has 0 fully saturated rings. The summed E-state index contributed by atoms with van der Waals surface area (Å²) in [5, 5.41) is 4.15. The summed E-state index contributed by atoms with van der Waals surface area (Å²) >= 11 is 0. The van der Waals surface area contributed by atoms with Crippen molar-refractivity contribution in [2.75, 3.05) is 0 Å². The largest absolute Gasteiger partial charge is 0.295 e. The third kappa shape index (κ3) is 1.54. The van der Waals surface area contributed by atoms with Gasteiger partial charge in [0.15, 0.2) is 0 Å². The summed E-state index contributed by atoms with van der Waals surface area (Å²) in [7, 11) is 0. The van der Waals surface area contributed by atoms with Crippen LogP contribution in [0.25, 0.3) is 27.3 Å². The van der Waals surface area contributed by atoms with Gasteiger partial charge in [0.2, 0.25) is 0 Å². The van der Waals surface area contributed by atoms with E-state index in [1.807, 2.05) is 0 Å². The maximum Gasteiger partial charge on any atom is 0.295 e. The van der Waals surface area contributed by atoms with Gasteiger partial charge in [0.05, 0.1) is 5.39 Å². The Kier molecular flexibility index (Phi) is 2.54. The van der Waals surface area contributed by atoms with Crippen LogP contribution in [0, 0.1) is 13.8 Å². The lowest BCUT2D eigenvalue weighted by Crippen LogP contribution is -2.63. The summed E-state index contributed by atoms with van der Waals surface area (Å²) in [4.78, 5) is 0. The highest BCUT2D eigenvalue weighted by Gasteiger charge is 2.49. The monoisotopic (exact) mass is 329 g/mol. The number of aryl methyl sites for hydroxylation is 2. The van der Waals surface area contributed by atoms with Crippen molar-refractivity contribution >= 4 is 27.3 Å². The van der Waals surface area contributed by atoms with Gasteiger partial charge in [-0.15, -0.1) is 0 Å². The van der Waals surface area contributed by atoms with E-state index in [2.05, 4.69) is 93.2 Å². The lowest BCUT2D eigenvalue weighted by atomic mass is 9.66. The first-order valence-electron chi connectivity index (χ1n) is 9.14. The van der Waals surface area contributed by atoms with Crippen LogP contribution in [0.1, 0.15) is 44.4 Å². The molecule has 2 aromatic carbocycles. The zero-order valence-electron chi connectivity index (χ0n) is 15.9. The minimum absolute atomic E-state index is 0.00924. The van der Waals surface area contributed by atoms with Crippen LogP contribution in [0.4, 0.5) is 0 Å². The summed E-state index contributed by atoms with van der Waals surface area (Å²) in [6.07, 6.45) is 4.52. The molecule has 1 aliphatic rings. The average molecular weight is 329 g/mol. The van der Waals surface area contributed by atoms with Crippen LogP contribution in [0.3, 0.4) is 0 Å². The second kappa shape index (κ2) is 4.24. The van der Waals surface area contributed by atoms with Gasteiger partial charge in [-0.3, -0.25) is 0 Å². The lowest BCUT2D eigenvalue weighted by molar-refractivity contribution is -0.745. The van der Waals surface area contributed by atoms with Gasteiger partial charge < -0.3 is 0 Å². The topological polar surface area (TPSA) is 8.29 Å². The van der Waals surface area contributed by atoms with E-state index >= 15 is 0 Å². The van der Waals surface area contributed by atoms with E-state index < -0.39 is 0 Å². The highest BCUT2D eigenvalue weighted by Crippen LogP contribution is 2.46. The van der Waals surface area contributed by atoms with Gasteiger partial charge >= 0.3 is 0 Å². The fourth-order valence-corrected chi connectivity index (χ4v) is 4.92. The molecule has 3 heterocycles. The second-order valence-corrected chi connectivity index (χ2v) is 8.75. The van der Waals surface area contributed by atoms with E-state index in [9.17, 15) is 0 Å². The summed E-state index contributed by atoms with van der Waals surface area (Å²) in [5.41, 5.74) is 6.85. The van der Waals surface area contributed by atoms with E-state index in [1.54, 1.807) is 0 Å². The first kappa shape index (κ1) is 14.9. The van der Waals surface area contributed by atoms with Crippen molar-refractivity contribution in [1.82, 2.24) is 4.40 Å². The third-order valence-electron chi connectivity index (χ3n) is 6.89. The minimum atomic E-state index is 0.00924. The van der Waals surface area contributed by atoms with E-state index in [-0.39, 0.29) is 11.0 Å². The molecule has 0 N–H and O–H groups in total. The Morgan fingerprint density at radius 3 is 2.48 bits per heavy atom. The van der Waals surface area contributed by atoms with Crippen molar-refractivity contribution < 1.29 is 4.57 Å². The normalized spacial score (nSPS) is 17.8. The van der Waals surface area contributed by atoms with Crippen molar-refractivity contribution in [1.29, 1.82) is 0 Å². The number of hydrogen-bond donors (Lipinski definition) is 0. The van der Waals surface area contributed by atoms with E-state index in [4.69, 9.17) is 0 Å². The van der Waals surface area contributed by atoms with Crippen molar-refractivity contribution in [2.45, 2.75) is 52.5 Å². The van der Waals surface area contributed by atoms with Crippen LogP contribution in [0.5, 0.6) is 0 Å². The molecule has 2 nitrogen and oxygen atoms in total. The molecule has 4 aromatic rings. The van der Waals surface area contributed by atoms with E-state index in [1.165, 1.54) is 44.0 Å². The fourth-order valence-electron chi connectivity index (χ4n) is 4.92. The molecular weight excluding hydrogens is 304 g/mol. The molecule has 126 valence electrons. The molecule has 1 aliphatic heterocycles. The molecule has 2 aromatic heterocycles. The van der Waals surface area contributed by atoms with Gasteiger partial charge in [0.1, 0.15) is 23.4 Å². The molecule has 25 heavy (non-hydrogen) atoms. The minimum Gasteiger partial charge on any atom is -0.224 e. The van der Waals surface area contributed by atoms with Gasteiger partial charge in [-0.2, -0.15) is 4.40 Å². The van der Waals surface area contributed by atoms with Crippen LogP contribution in [0.2, 0.25) is 0 Å². The van der Waals surface area contributed by atoms with Crippen LogP contribution >= 0.6 is 0 Å². The smallest absolute Gasteiger partial charge is 0.224 e. The standard InChI is InChI=1S/C23H25N2/c1-14-12-15(2)20-17(13-14)16-8-7-9-18-19(16)21-24(20)10-11-25(21)23(5,6)22(18,3)4/h7-13H,1-6H3/q+1. The molecule has 0 atom stereocenters. The third-order valence-corrected chi connectivity index (χ3v) is 6.89. The molecule has 0 amide bonds. The zero-order chi connectivity index (χ0) is 17.7. The molecule has 0 unspecified atom stereocenters. The van der Waals surface area contributed by atoms with E-state index in [0.29, 0.717) is 0 Å². The maximum absolute atomic E-state index is 2.49. The Balaban J connectivity index is 2.21. The number of rotatable bonds is 0. The number of pyridine rings is 1. The lowest BCUT2D eigenvalue weighted by Gasteiger charge is -2.42. The Morgan fingerprint density at radius 1 is 0.960 bits per heavy atom. The first-order valence-corrected chi connectivity index (χ1v) is 9.14. The Morgan fingerprint density at radius 2 is 1.72 bits per heavy atom. The zero-order valence-corrected chi connectivity index (χ0v) is 15.9. The predicted molar refractivity (Wildman–Crippen MR) is 104 cm³/mol. The first-order chi connectivity index (χ1) is 11.7. The Labute approximate surface area is 148 Å². The summed E-state index contributed by atoms with van der Waals surface area (Å²) in [6, 6.07) is 11.5. The molecule has 0 spiro atoms. The van der Waals surface area contributed by atoms with Crippen molar-refractivity contribution in [3.05, 3.63) is 59.4 Å². The predicted octanol–water partition coefficient (Wildman–Crippen LogP) is 5.18. The molecule has 5 rings (SSSR count). The Bertz CT molecular complexity index is 1210. The van der Waals surface area contributed by atoms with Crippen LogP contribution in [0.15, 0.2) is 42.7 Å². The highest BCUT2D eigenvalue weighted by molar-refractivity contribution is 6.13. The number of imidazole rings is 1. The summed E-state index contributed by atoms with van der Waals surface area (Å²) < 4.78 is 4.90. The van der Waals surface area contributed by atoms with Gasteiger partial charge in [-0.1, -0.05) is 38.1 Å². The molecule has 0 radical (unpaired) electrons. The average Bonchev–Trinajstić information content (AvgIpc) is 2.98. The molecule has 0 saturated heterocycles. The van der Waals surface area contributed by atoms with Gasteiger partial charge in [-0.05, 0) is 50.5 Å². The summed E-state index contributed by atoms with van der Waals surface area (Å²) in [5.74, 6) is 0. The second-order valence-electron chi connectivity index (χ2n) is 8.75. The SMILES string of the molecule is Cc1cc(C)c2c(c1)c1cccc3c1c1n2cc[n+]1C(C)(C)C3(C)C.